The van der Waals surface area contributed by atoms with E-state index >= 15 is 0 Å². The van der Waals surface area contributed by atoms with Crippen LogP contribution in [0.25, 0.3) is 0 Å². The molecule has 0 fully saturated rings. The highest BCUT2D eigenvalue weighted by Crippen LogP contribution is 2.36. The second-order valence-electron chi connectivity index (χ2n) is 7.71. The Morgan fingerprint density at radius 2 is 1.73 bits per heavy atom. The van der Waals surface area contributed by atoms with Crippen molar-refractivity contribution in [3.05, 3.63) is 82.4 Å². The number of benzene rings is 3. The first-order valence-corrected chi connectivity index (χ1v) is 11.9. The van der Waals surface area contributed by atoms with Gasteiger partial charge in [0, 0.05) is 11.4 Å². The number of carbonyl (C=O) groups is 1. The van der Waals surface area contributed by atoms with Crippen LogP contribution in [0.2, 0.25) is 5.02 Å². The average molecular weight is 478 g/mol. The molecule has 1 aliphatic rings. The molecule has 1 heterocycles. The lowest BCUT2D eigenvalue weighted by Gasteiger charge is -2.11. The quantitative estimate of drug-likeness (QED) is 0.435. The van der Waals surface area contributed by atoms with Crippen LogP contribution in [0.3, 0.4) is 0 Å². The molecule has 1 N–H and O–H groups in total. The molecular formula is C26H24ClN3O2S. The van der Waals surface area contributed by atoms with E-state index in [4.69, 9.17) is 26.3 Å². The van der Waals surface area contributed by atoms with Crippen LogP contribution in [-0.2, 0) is 4.79 Å². The highest BCUT2D eigenvalue weighted by Gasteiger charge is 2.18. The first-order chi connectivity index (χ1) is 15.9. The van der Waals surface area contributed by atoms with E-state index in [1.807, 2.05) is 30.3 Å². The highest BCUT2D eigenvalue weighted by atomic mass is 35.5. The molecule has 1 aliphatic heterocycles. The van der Waals surface area contributed by atoms with Gasteiger partial charge in [0.2, 0.25) is 5.91 Å². The fourth-order valence-electron chi connectivity index (χ4n) is 3.46. The molecule has 3 aromatic rings. The largest absolute Gasteiger partial charge is 0.495 e. The van der Waals surface area contributed by atoms with Gasteiger partial charge in [-0.3, -0.25) is 9.79 Å². The standard InChI is InChI=1S/C26H24ClN3O2S/c1-16-11-21-22(12-17(16)2)30-26(14-20(28-21)18-7-5-4-6-8-18)33-15-25(31)29-23-13-19(27)9-10-24(23)32-3/h4-13H,14-15H2,1-3H3,(H,29,31). The summed E-state index contributed by atoms with van der Waals surface area (Å²) in [6.07, 6.45) is 0.551. The molecule has 0 aliphatic carbocycles. The number of methoxy groups -OCH3 is 1. The van der Waals surface area contributed by atoms with Crippen LogP contribution in [0.15, 0.2) is 70.6 Å². The molecule has 3 aromatic carbocycles. The van der Waals surface area contributed by atoms with E-state index in [-0.39, 0.29) is 11.7 Å². The Kier molecular flexibility index (Phi) is 7.16. The smallest absolute Gasteiger partial charge is 0.234 e. The lowest BCUT2D eigenvalue weighted by Crippen LogP contribution is -2.16. The Balaban J connectivity index is 1.57. The first-order valence-electron chi connectivity index (χ1n) is 10.5. The number of hydrogen-bond donors (Lipinski definition) is 1. The molecule has 168 valence electrons. The molecule has 0 saturated carbocycles. The fourth-order valence-corrected chi connectivity index (χ4v) is 4.40. The van der Waals surface area contributed by atoms with Crippen molar-refractivity contribution in [1.29, 1.82) is 0 Å². The Morgan fingerprint density at radius 3 is 2.42 bits per heavy atom. The Bertz CT molecular complexity index is 1260. The number of carbonyl (C=O) groups excluding carboxylic acids is 1. The topological polar surface area (TPSA) is 63.0 Å². The zero-order chi connectivity index (χ0) is 23.4. The second kappa shape index (κ2) is 10.2. The molecule has 0 atom stereocenters. The van der Waals surface area contributed by atoms with Gasteiger partial charge in [-0.15, -0.1) is 11.8 Å². The van der Waals surface area contributed by atoms with Crippen molar-refractivity contribution in [2.45, 2.75) is 20.3 Å². The van der Waals surface area contributed by atoms with Crippen molar-refractivity contribution in [1.82, 2.24) is 0 Å². The third-order valence-corrected chi connectivity index (χ3v) is 6.53. The van der Waals surface area contributed by atoms with Crippen LogP contribution >= 0.6 is 23.4 Å². The fraction of sp³-hybridized carbons (Fsp3) is 0.192. The number of amides is 1. The number of thioether (sulfide) groups is 1. The first kappa shape index (κ1) is 23.1. The van der Waals surface area contributed by atoms with Gasteiger partial charge in [0.25, 0.3) is 0 Å². The van der Waals surface area contributed by atoms with Crippen LogP contribution in [0, 0.1) is 13.8 Å². The zero-order valence-corrected chi connectivity index (χ0v) is 20.3. The predicted molar refractivity (Wildman–Crippen MR) is 139 cm³/mol. The van der Waals surface area contributed by atoms with E-state index in [0.29, 0.717) is 22.9 Å². The van der Waals surface area contributed by atoms with Gasteiger partial charge in [-0.2, -0.15) is 0 Å². The summed E-state index contributed by atoms with van der Waals surface area (Å²) in [5, 5.41) is 4.25. The van der Waals surface area contributed by atoms with E-state index in [1.54, 1.807) is 25.3 Å². The van der Waals surface area contributed by atoms with Gasteiger partial charge in [0.05, 0.1) is 40.7 Å². The molecule has 5 nitrogen and oxygen atoms in total. The van der Waals surface area contributed by atoms with Gasteiger partial charge in [0.15, 0.2) is 0 Å². The summed E-state index contributed by atoms with van der Waals surface area (Å²) in [6, 6.07) is 19.3. The molecule has 1 amide bonds. The minimum atomic E-state index is -0.161. The minimum Gasteiger partial charge on any atom is -0.495 e. The summed E-state index contributed by atoms with van der Waals surface area (Å²) < 4.78 is 5.32. The van der Waals surface area contributed by atoms with E-state index in [2.05, 4.69) is 31.3 Å². The maximum atomic E-state index is 12.7. The molecular weight excluding hydrogens is 454 g/mol. The number of nitrogens with zero attached hydrogens (tertiary/aromatic N) is 2. The monoisotopic (exact) mass is 477 g/mol. The Morgan fingerprint density at radius 1 is 1.03 bits per heavy atom. The highest BCUT2D eigenvalue weighted by molar-refractivity contribution is 8.14. The van der Waals surface area contributed by atoms with Gasteiger partial charge in [-0.05, 0) is 60.9 Å². The molecule has 0 radical (unpaired) electrons. The summed E-state index contributed by atoms with van der Waals surface area (Å²) in [5.41, 5.74) is 6.52. The number of aryl methyl sites for hydroxylation is 2. The van der Waals surface area contributed by atoms with Crippen LogP contribution in [0.4, 0.5) is 17.1 Å². The van der Waals surface area contributed by atoms with Crippen LogP contribution in [0.1, 0.15) is 23.1 Å². The van der Waals surface area contributed by atoms with Crippen molar-refractivity contribution in [3.63, 3.8) is 0 Å². The molecule has 7 heteroatoms. The van der Waals surface area contributed by atoms with Gasteiger partial charge in [0.1, 0.15) is 5.75 Å². The van der Waals surface area contributed by atoms with E-state index in [0.717, 1.165) is 33.3 Å². The van der Waals surface area contributed by atoms with Gasteiger partial charge in [-0.25, -0.2) is 4.99 Å². The minimum absolute atomic E-state index is 0.161. The number of ether oxygens (including phenoxy) is 1. The van der Waals surface area contributed by atoms with Crippen molar-refractivity contribution in [3.8, 4) is 5.75 Å². The van der Waals surface area contributed by atoms with Crippen molar-refractivity contribution in [2.24, 2.45) is 9.98 Å². The summed E-state index contributed by atoms with van der Waals surface area (Å²) >= 11 is 7.49. The number of halogens is 1. The molecule has 0 bridgehead atoms. The van der Waals surface area contributed by atoms with E-state index < -0.39 is 0 Å². The Labute approximate surface area is 203 Å². The summed E-state index contributed by atoms with van der Waals surface area (Å²) in [4.78, 5) is 22.5. The second-order valence-corrected chi connectivity index (χ2v) is 9.20. The van der Waals surface area contributed by atoms with Crippen molar-refractivity contribution >= 4 is 57.1 Å². The van der Waals surface area contributed by atoms with Crippen LogP contribution in [-0.4, -0.2) is 29.5 Å². The molecule has 4 rings (SSSR count). The van der Waals surface area contributed by atoms with Crippen molar-refractivity contribution in [2.75, 3.05) is 18.2 Å². The van der Waals surface area contributed by atoms with Crippen LogP contribution < -0.4 is 10.1 Å². The summed E-state index contributed by atoms with van der Waals surface area (Å²) in [7, 11) is 1.56. The van der Waals surface area contributed by atoms with Gasteiger partial charge in [-0.1, -0.05) is 41.9 Å². The van der Waals surface area contributed by atoms with Crippen LogP contribution in [0.5, 0.6) is 5.75 Å². The third-order valence-electron chi connectivity index (χ3n) is 5.32. The lowest BCUT2D eigenvalue weighted by molar-refractivity contribution is -0.113. The Hall–Kier alpha value is -3.09. The van der Waals surface area contributed by atoms with E-state index in [1.165, 1.54) is 17.3 Å². The number of rotatable bonds is 5. The SMILES string of the molecule is COc1ccc(Cl)cc1NC(=O)CSC1=Nc2cc(C)c(C)cc2N=C(c2ccccc2)C1. The molecule has 33 heavy (non-hydrogen) atoms. The zero-order valence-electron chi connectivity index (χ0n) is 18.7. The van der Waals surface area contributed by atoms with E-state index in [9.17, 15) is 4.79 Å². The number of anilines is 1. The summed E-state index contributed by atoms with van der Waals surface area (Å²) in [5.74, 6) is 0.602. The number of aliphatic imine (C=N–C) groups is 2. The number of fused-ring (bicyclic) bond motifs is 1. The maximum Gasteiger partial charge on any atom is 0.234 e. The average Bonchev–Trinajstić information content (AvgIpc) is 2.98. The normalized spacial score (nSPS) is 12.8. The molecule has 0 saturated heterocycles. The third kappa shape index (κ3) is 5.64. The van der Waals surface area contributed by atoms with Gasteiger partial charge >= 0.3 is 0 Å². The summed E-state index contributed by atoms with van der Waals surface area (Å²) in [6.45, 7) is 4.14. The molecule has 0 unspecified atom stereocenters. The number of hydrogen-bond acceptors (Lipinski definition) is 5. The molecule has 0 aromatic heterocycles. The van der Waals surface area contributed by atoms with Gasteiger partial charge < -0.3 is 10.1 Å². The molecule has 0 spiro atoms. The maximum absolute atomic E-state index is 12.7. The van der Waals surface area contributed by atoms with Crippen molar-refractivity contribution < 1.29 is 9.53 Å². The predicted octanol–water partition coefficient (Wildman–Crippen LogP) is 6.89. The lowest BCUT2D eigenvalue weighted by atomic mass is 10.1. The number of nitrogens with one attached hydrogen (secondary N) is 1.